The highest BCUT2D eigenvalue weighted by molar-refractivity contribution is 9.10. The van der Waals surface area contributed by atoms with E-state index in [2.05, 4.69) is 20.7 Å². The molecule has 0 amide bonds. The van der Waals surface area contributed by atoms with Gasteiger partial charge in [0.2, 0.25) is 0 Å². The Labute approximate surface area is 152 Å². The monoisotopic (exact) mass is 393 g/mol. The molecule has 7 heteroatoms. The third-order valence-electron chi connectivity index (χ3n) is 3.08. The lowest BCUT2D eigenvalue weighted by atomic mass is 9.79. The van der Waals surface area contributed by atoms with Crippen molar-refractivity contribution in [2.75, 3.05) is 7.11 Å². The van der Waals surface area contributed by atoms with E-state index in [-0.39, 0.29) is 10.0 Å². The van der Waals surface area contributed by atoms with Gasteiger partial charge < -0.3 is 9.47 Å². The summed E-state index contributed by atoms with van der Waals surface area (Å²) in [5, 5.41) is 11.7. The molecule has 0 saturated heterocycles. The van der Waals surface area contributed by atoms with Crippen molar-refractivity contribution in [3.63, 3.8) is 0 Å². The van der Waals surface area contributed by atoms with Gasteiger partial charge in [-0.3, -0.25) is 10.1 Å². The number of halogens is 1. The van der Waals surface area contributed by atoms with Crippen LogP contribution in [0.15, 0.2) is 10.5 Å². The Morgan fingerprint density at radius 2 is 1.83 bits per heavy atom. The van der Waals surface area contributed by atoms with Crippen molar-refractivity contribution in [2.45, 2.75) is 52.2 Å². The smallest absolute Gasteiger partial charge is 0.437 e. The summed E-state index contributed by atoms with van der Waals surface area (Å²) >= 11 is 3.02. The van der Waals surface area contributed by atoms with E-state index in [1.807, 2.05) is 0 Å². The fourth-order valence-electron chi connectivity index (χ4n) is 1.97. The van der Waals surface area contributed by atoms with E-state index in [4.69, 9.17) is 13.0 Å². The number of carbonyl (C=O) groups is 1. The summed E-state index contributed by atoms with van der Waals surface area (Å²) in [7, 11) is 0.987. The number of hydrogen-bond acceptors (Lipinski definition) is 5. The number of nitro benzene ring substituents is 1. The molecule has 0 fully saturated rings. The summed E-state index contributed by atoms with van der Waals surface area (Å²) in [6, 6.07) is 1.11. The summed E-state index contributed by atoms with van der Waals surface area (Å²) in [6.45, 7) is -0.219. The first-order chi connectivity index (χ1) is 12.8. The molecule has 0 unspecified atom stereocenters. The van der Waals surface area contributed by atoms with Crippen LogP contribution in [0.4, 0.5) is 10.5 Å². The van der Waals surface area contributed by atoms with Crippen molar-refractivity contribution in [3.8, 4) is 5.75 Å². The Kier molecular flexibility index (Phi) is 3.33. The molecule has 6 nitrogen and oxygen atoms in total. The lowest BCUT2D eigenvalue weighted by Crippen LogP contribution is -2.21. The number of ether oxygens (including phenoxy) is 2. The van der Waals surface area contributed by atoms with Crippen LogP contribution in [0, 0.1) is 10.1 Å². The number of benzene rings is 1. The van der Waals surface area contributed by atoms with Crippen molar-refractivity contribution in [2.24, 2.45) is 0 Å². The van der Waals surface area contributed by atoms with E-state index >= 15 is 0 Å². The molecular weight excluding hydrogens is 366 g/mol. The minimum atomic E-state index is -3.07. The normalized spacial score (nSPS) is 17.0. The molecular formula is C16H22BrNO5. The zero-order chi connectivity index (χ0) is 23.2. The number of hydrogen-bond donors (Lipinski definition) is 0. The maximum Gasteiger partial charge on any atom is 0.513 e. The predicted octanol–water partition coefficient (Wildman–Crippen LogP) is 5.10. The van der Waals surface area contributed by atoms with Gasteiger partial charge in [0.15, 0.2) is 5.75 Å². The van der Waals surface area contributed by atoms with Gasteiger partial charge in [0.1, 0.15) is 4.47 Å². The number of nitrogens with zero attached hydrogens (tertiary/aromatic N) is 1. The number of nitro groups is 1. The Bertz CT molecular complexity index is 815. The highest BCUT2D eigenvalue weighted by Crippen LogP contribution is 2.47. The molecule has 0 bridgehead atoms. The summed E-state index contributed by atoms with van der Waals surface area (Å²) in [6.07, 6.45) is -1.29. The van der Waals surface area contributed by atoms with Crippen molar-refractivity contribution < 1.29 is 27.4 Å². The van der Waals surface area contributed by atoms with Gasteiger partial charge in [-0.25, -0.2) is 4.79 Å². The molecule has 128 valence electrons. The van der Waals surface area contributed by atoms with Crippen molar-refractivity contribution >= 4 is 27.8 Å². The second-order valence-electron chi connectivity index (χ2n) is 6.15. The van der Waals surface area contributed by atoms with Gasteiger partial charge in [-0.05, 0) is 32.8 Å². The highest BCUT2D eigenvalue weighted by Gasteiger charge is 2.35. The van der Waals surface area contributed by atoms with Crippen LogP contribution in [-0.2, 0) is 15.6 Å². The minimum Gasteiger partial charge on any atom is -0.437 e. The lowest BCUT2D eigenvalue weighted by molar-refractivity contribution is -0.386. The topological polar surface area (TPSA) is 78.7 Å². The largest absolute Gasteiger partial charge is 0.513 e. The average molecular weight is 394 g/mol. The van der Waals surface area contributed by atoms with E-state index in [9.17, 15) is 14.9 Å². The molecule has 1 rings (SSSR count). The van der Waals surface area contributed by atoms with Crippen LogP contribution in [0.5, 0.6) is 5.75 Å². The van der Waals surface area contributed by atoms with Gasteiger partial charge in [-0.15, -0.1) is 0 Å². The zero-order valence-electron chi connectivity index (χ0n) is 19.4. The molecule has 0 aliphatic rings. The van der Waals surface area contributed by atoms with E-state index < -0.39 is 52.6 Å². The first-order valence-electron chi connectivity index (χ1n) is 9.58. The SMILES string of the molecule is [2H]C([2H])([2H])C(C)(c1cc(C(C)(C)C)c([N+](=O)[O-])c(Br)c1OC(=O)OC)C([2H])([2H])[2H]. The third kappa shape index (κ3) is 4.22. The molecule has 0 spiro atoms. The predicted molar refractivity (Wildman–Crippen MR) is 91.2 cm³/mol. The Hall–Kier alpha value is -1.63. The van der Waals surface area contributed by atoms with Crippen LogP contribution < -0.4 is 4.74 Å². The van der Waals surface area contributed by atoms with Crippen molar-refractivity contribution in [1.82, 2.24) is 0 Å². The minimum absolute atomic E-state index is 0.0707. The fraction of sp³-hybridized carbons (Fsp3) is 0.562. The van der Waals surface area contributed by atoms with Gasteiger partial charge in [-0.1, -0.05) is 41.4 Å². The van der Waals surface area contributed by atoms with Gasteiger partial charge in [-0.2, -0.15) is 0 Å². The van der Waals surface area contributed by atoms with E-state index in [0.717, 1.165) is 20.1 Å². The third-order valence-corrected chi connectivity index (χ3v) is 3.81. The van der Waals surface area contributed by atoms with Crippen LogP contribution >= 0.6 is 15.9 Å². The molecule has 0 radical (unpaired) electrons. The number of methoxy groups -OCH3 is 1. The molecule has 0 N–H and O–H groups in total. The molecule has 0 aliphatic carbocycles. The standard InChI is InChI=1S/C16H22BrNO5/c1-15(2,3)9-8-10(16(4,5)6)13(23-14(19)22-7)11(17)12(9)18(20)21/h8H,1-7H3/i4D3,5D3. The number of rotatable bonds is 2. The second-order valence-corrected chi connectivity index (χ2v) is 6.94. The van der Waals surface area contributed by atoms with Gasteiger partial charge in [0.05, 0.1) is 12.0 Å². The highest BCUT2D eigenvalue weighted by atomic mass is 79.9. The zero-order valence-corrected chi connectivity index (χ0v) is 15.0. The maximum absolute atomic E-state index is 11.8. The Morgan fingerprint density at radius 1 is 1.26 bits per heavy atom. The molecule has 23 heavy (non-hydrogen) atoms. The van der Waals surface area contributed by atoms with E-state index in [1.54, 1.807) is 20.8 Å². The Balaban J connectivity index is 4.25. The molecule has 0 heterocycles. The average Bonchev–Trinajstić information content (AvgIpc) is 2.51. The molecule has 0 aliphatic heterocycles. The summed E-state index contributed by atoms with van der Waals surface area (Å²) < 4.78 is 56.4. The van der Waals surface area contributed by atoms with Crippen LogP contribution in [0.25, 0.3) is 0 Å². The van der Waals surface area contributed by atoms with Crippen molar-refractivity contribution in [1.29, 1.82) is 0 Å². The maximum atomic E-state index is 11.8. The second kappa shape index (κ2) is 6.47. The van der Waals surface area contributed by atoms with Gasteiger partial charge in [0.25, 0.3) is 5.69 Å². The first-order valence-corrected chi connectivity index (χ1v) is 7.37. The summed E-state index contributed by atoms with van der Waals surface area (Å²) in [5.74, 6) is -0.591. The molecule has 1 aromatic rings. The van der Waals surface area contributed by atoms with Crippen LogP contribution in [-0.4, -0.2) is 18.2 Å². The van der Waals surface area contributed by atoms with Crippen molar-refractivity contribution in [3.05, 3.63) is 31.8 Å². The lowest BCUT2D eigenvalue weighted by Gasteiger charge is -2.27. The van der Waals surface area contributed by atoms with Gasteiger partial charge in [0, 0.05) is 19.4 Å². The first kappa shape index (κ1) is 11.8. The molecule has 0 atom stereocenters. The van der Waals surface area contributed by atoms with Crippen LogP contribution in [0.3, 0.4) is 0 Å². The summed E-state index contributed by atoms with van der Waals surface area (Å²) in [5.41, 5.74) is -4.18. The molecule has 0 aromatic heterocycles. The molecule has 1 aromatic carbocycles. The number of carbonyl (C=O) groups excluding carboxylic acids is 1. The fourth-order valence-corrected chi connectivity index (χ4v) is 2.62. The Morgan fingerprint density at radius 3 is 2.22 bits per heavy atom. The molecule has 0 saturated carbocycles. The summed E-state index contributed by atoms with van der Waals surface area (Å²) in [4.78, 5) is 22.8. The van der Waals surface area contributed by atoms with Crippen LogP contribution in [0.2, 0.25) is 0 Å². The van der Waals surface area contributed by atoms with Gasteiger partial charge >= 0.3 is 6.16 Å². The quantitative estimate of drug-likeness (QED) is 0.302. The van der Waals surface area contributed by atoms with E-state index in [1.165, 1.54) is 0 Å². The van der Waals surface area contributed by atoms with E-state index in [0.29, 0.717) is 0 Å². The van der Waals surface area contributed by atoms with Crippen LogP contribution in [0.1, 0.15) is 60.8 Å².